The summed E-state index contributed by atoms with van der Waals surface area (Å²) in [6.07, 6.45) is 0.762. The van der Waals surface area contributed by atoms with Crippen molar-refractivity contribution >= 4 is 23.1 Å². The first kappa shape index (κ1) is 20.2. The van der Waals surface area contributed by atoms with Crippen LogP contribution in [-0.4, -0.2) is 43.6 Å². The van der Waals surface area contributed by atoms with E-state index in [2.05, 4.69) is 65.6 Å². The molecule has 0 aliphatic heterocycles. The van der Waals surface area contributed by atoms with E-state index < -0.39 is 0 Å². The van der Waals surface area contributed by atoms with Crippen LogP contribution in [0.1, 0.15) is 37.0 Å². The van der Waals surface area contributed by atoms with Crippen molar-refractivity contribution in [1.82, 2.24) is 15.2 Å². The SMILES string of the molecule is CN(Cc1ccc(N(C)C)cc1)C(=O)NCCc1nc(C(C)(C)C)cs1. The van der Waals surface area contributed by atoms with E-state index in [9.17, 15) is 4.79 Å². The first-order chi connectivity index (χ1) is 12.2. The Hall–Kier alpha value is -2.08. The molecule has 1 heterocycles. The standard InChI is InChI=1S/C20H30N4OS/c1-20(2,3)17-14-26-18(22-17)11-12-21-19(25)24(6)13-15-7-9-16(10-8-15)23(4)5/h7-10,14H,11-13H2,1-6H3,(H,21,25). The maximum absolute atomic E-state index is 12.3. The van der Waals surface area contributed by atoms with Crippen molar-refractivity contribution in [3.63, 3.8) is 0 Å². The van der Waals surface area contributed by atoms with E-state index in [1.807, 2.05) is 21.1 Å². The van der Waals surface area contributed by atoms with E-state index >= 15 is 0 Å². The number of amides is 2. The lowest BCUT2D eigenvalue weighted by molar-refractivity contribution is 0.207. The molecular weight excluding hydrogens is 344 g/mol. The van der Waals surface area contributed by atoms with Gasteiger partial charge in [-0.3, -0.25) is 0 Å². The summed E-state index contributed by atoms with van der Waals surface area (Å²) < 4.78 is 0. The molecule has 1 aromatic carbocycles. The number of nitrogens with one attached hydrogen (secondary N) is 1. The van der Waals surface area contributed by atoms with E-state index in [0.717, 1.165) is 28.4 Å². The molecule has 142 valence electrons. The third-order valence-corrected chi connectivity index (χ3v) is 5.06. The molecule has 0 atom stereocenters. The molecule has 2 amide bonds. The largest absolute Gasteiger partial charge is 0.378 e. The Labute approximate surface area is 161 Å². The number of carbonyl (C=O) groups excluding carboxylic acids is 1. The van der Waals surface area contributed by atoms with Gasteiger partial charge in [0.2, 0.25) is 0 Å². The Morgan fingerprint density at radius 1 is 1.15 bits per heavy atom. The Morgan fingerprint density at radius 3 is 2.35 bits per heavy atom. The van der Waals surface area contributed by atoms with E-state index in [1.54, 1.807) is 16.2 Å². The lowest BCUT2D eigenvalue weighted by Gasteiger charge is -2.19. The predicted molar refractivity (Wildman–Crippen MR) is 110 cm³/mol. The molecule has 0 saturated heterocycles. The van der Waals surface area contributed by atoms with Crippen LogP contribution >= 0.6 is 11.3 Å². The summed E-state index contributed by atoms with van der Waals surface area (Å²) in [6, 6.07) is 8.19. The monoisotopic (exact) mass is 374 g/mol. The minimum Gasteiger partial charge on any atom is -0.378 e. The molecule has 0 unspecified atom stereocenters. The van der Waals surface area contributed by atoms with Crippen LogP contribution in [0.3, 0.4) is 0 Å². The summed E-state index contributed by atoms with van der Waals surface area (Å²) in [7, 11) is 5.85. The van der Waals surface area contributed by atoms with Gasteiger partial charge in [0.05, 0.1) is 10.7 Å². The number of hydrogen-bond acceptors (Lipinski definition) is 4. The molecule has 0 aliphatic rings. The second kappa shape index (κ2) is 8.54. The van der Waals surface area contributed by atoms with Gasteiger partial charge in [0.15, 0.2) is 0 Å². The van der Waals surface area contributed by atoms with Crippen molar-refractivity contribution in [3.8, 4) is 0 Å². The first-order valence-corrected chi connectivity index (χ1v) is 9.75. The smallest absolute Gasteiger partial charge is 0.317 e. The van der Waals surface area contributed by atoms with Gasteiger partial charge in [-0.25, -0.2) is 9.78 Å². The average Bonchev–Trinajstić information content (AvgIpc) is 3.04. The zero-order chi connectivity index (χ0) is 19.3. The van der Waals surface area contributed by atoms with Gasteiger partial charge in [-0.2, -0.15) is 0 Å². The predicted octanol–water partition coefficient (Wildman–Crippen LogP) is 3.89. The highest BCUT2D eigenvalue weighted by molar-refractivity contribution is 7.09. The Balaban J connectivity index is 1.79. The Morgan fingerprint density at radius 2 is 1.81 bits per heavy atom. The highest BCUT2D eigenvalue weighted by Crippen LogP contribution is 2.23. The molecule has 0 radical (unpaired) electrons. The van der Waals surface area contributed by atoms with Crippen molar-refractivity contribution in [2.75, 3.05) is 32.6 Å². The molecule has 0 aliphatic carbocycles. The third-order valence-electron chi connectivity index (χ3n) is 4.15. The normalized spacial score (nSPS) is 11.3. The summed E-state index contributed by atoms with van der Waals surface area (Å²) in [5.74, 6) is 0. The number of rotatable bonds is 6. The van der Waals surface area contributed by atoms with Gasteiger partial charge in [-0.15, -0.1) is 11.3 Å². The second-order valence-corrected chi connectivity index (χ2v) is 8.72. The van der Waals surface area contributed by atoms with Crippen molar-refractivity contribution in [1.29, 1.82) is 0 Å². The number of benzene rings is 1. The molecule has 0 saturated carbocycles. The van der Waals surface area contributed by atoms with Crippen molar-refractivity contribution < 1.29 is 4.79 Å². The Kier molecular flexibility index (Phi) is 6.64. The first-order valence-electron chi connectivity index (χ1n) is 8.87. The molecule has 1 aromatic heterocycles. The highest BCUT2D eigenvalue weighted by Gasteiger charge is 2.17. The Bertz CT molecular complexity index is 716. The molecule has 5 nitrogen and oxygen atoms in total. The molecule has 0 bridgehead atoms. The number of aromatic nitrogens is 1. The number of hydrogen-bond donors (Lipinski definition) is 1. The van der Waals surface area contributed by atoms with Crippen LogP contribution < -0.4 is 10.2 Å². The molecule has 6 heteroatoms. The van der Waals surface area contributed by atoms with Gasteiger partial charge in [0.25, 0.3) is 0 Å². The van der Waals surface area contributed by atoms with E-state index in [-0.39, 0.29) is 11.4 Å². The molecule has 1 N–H and O–H groups in total. The fraction of sp³-hybridized carbons (Fsp3) is 0.500. The van der Waals surface area contributed by atoms with Gasteiger partial charge in [-0.1, -0.05) is 32.9 Å². The maximum atomic E-state index is 12.3. The number of nitrogens with zero attached hydrogens (tertiary/aromatic N) is 3. The van der Waals surface area contributed by atoms with Crippen molar-refractivity contribution in [3.05, 3.63) is 45.9 Å². The minimum atomic E-state index is -0.0608. The second-order valence-electron chi connectivity index (χ2n) is 7.78. The van der Waals surface area contributed by atoms with Gasteiger partial charge in [0, 0.05) is 57.1 Å². The van der Waals surface area contributed by atoms with Gasteiger partial charge < -0.3 is 15.1 Å². The fourth-order valence-electron chi connectivity index (χ4n) is 2.43. The molecule has 2 rings (SSSR count). The van der Waals surface area contributed by atoms with Crippen LogP contribution in [0, 0.1) is 0 Å². The van der Waals surface area contributed by atoms with Crippen LogP contribution in [0.2, 0.25) is 0 Å². The van der Waals surface area contributed by atoms with Gasteiger partial charge >= 0.3 is 6.03 Å². The highest BCUT2D eigenvalue weighted by atomic mass is 32.1. The fourth-order valence-corrected chi connectivity index (χ4v) is 3.45. The lowest BCUT2D eigenvalue weighted by atomic mass is 9.93. The van der Waals surface area contributed by atoms with Crippen LogP contribution in [0.25, 0.3) is 0 Å². The van der Waals surface area contributed by atoms with E-state index in [0.29, 0.717) is 13.1 Å². The average molecular weight is 375 g/mol. The summed E-state index contributed by atoms with van der Waals surface area (Å²) in [5.41, 5.74) is 3.45. The molecule has 26 heavy (non-hydrogen) atoms. The summed E-state index contributed by atoms with van der Waals surface area (Å²) in [5, 5.41) is 6.15. The molecular formula is C20H30N4OS. The van der Waals surface area contributed by atoms with E-state index in [1.165, 1.54) is 0 Å². The van der Waals surface area contributed by atoms with Gasteiger partial charge in [0.1, 0.15) is 0 Å². The van der Waals surface area contributed by atoms with Crippen LogP contribution in [-0.2, 0) is 18.4 Å². The topological polar surface area (TPSA) is 48.5 Å². The minimum absolute atomic E-state index is 0.0608. The molecule has 2 aromatic rings. The summed E-state index contributed by atoms with van der Waals surface area (Å²) in [6.45, 7) is 7.67. The van der Waals surface area contributed by atoms with Crippen molar-refractivity contribution in [2.45, 2.75) is 39.2 Å². The summed E-state index contributed by atoms with van der Waals surface area (Å²) >= 11 is 1.66. The zero-order valence-corrected chi connectivity index (χ0v) is 17.5. The zero-order valence-electron chi connectivity index (χ0n) is 16.7. The molecule has 0 spiro atoms. The van der Waals surface area contributed by atoms with Crippen LogP contribution in [0.15, 0.2) is 29.6 Å². The number of anilines is 1. The quantitative estimate of drug-likeness (QED) is 0.834. The van der Waals surface area contributed by atoms with Gasteiger partial charge in [-0.05, 0) is 17.7 Å². The number of urea groups is 1. The van der Waals surface area contributed by atoms with Crippen LogP contribution in [0.5, 0.6) is 0 Å². The third kappa shape index (κ3) is 5.73. The van der Waals surface area contributed by atoms with Crippen LogP contribution in [0.4, 0.5) is 10.5 Å². The summed E-state index contributed by atoms with van der Waals surface area (Å²) in [4.78, 5) is 20.7. The van der Waals surface area contributed by atoms with Crippen molar-refractivity contribution in [2.24, 2.45) is 0 Å². The molecule has 0 fully saturated rings. The van der Waals surface area contributed by atoms with E-state index in [4.69, 9.17) is 0 Å². The number of thiazole rings is 1. The maximum Gasteiger partial charge on any atom is 0.317 e. The number of carbonyl (C=O) groups is 1. The lowest BCUT2D eigenvalue weighted by Crippen LogP contribution is -2.37.